The maximum absolute atomic E-state index is 13.2. The predicted octanol–water partition coefficient (Wildman–Crippen LogP) is 2.16. The molecule has 12 nitrogen and oxygen atoms in total. The average molecular weight is 539 g/mol. The van der Waals surface area contributed by atoms with Crippen LogP contribution in [0.4, 0.5) is 11.4 Å². The standard InChI is InChI=1S/C25H30N8O4S/c1-15-20(5-17(7-26-15)29-22(35)12-32-10-18(13-34)37-25(2,3)14-32)30-23(36)19-8-28-33-11-21(38-24(19)33)16-6-27-31(4)9-16/h5-9,11,18,34H,10,12-14H2,1-4H3,(H,29,35)(H,30,36)/t18-/m0/s1. The van der Waals surface area contributed by atoms with Gasteiger partial charge in [-0.1, -0.05) is 0 Å². The summed E-state index contributed by atoms with van der Waals surface area (Å²) >= 11 is 1.45. The van der Waals surface area contributed by atoms with Gasteiger partial charge in [0.05, 0.1) is 71.0 Å². The van der Waals surface area contributed by atoms with Crippen LogP contribution >= 0.6 is 11.3 Å². The van der Waals surface area contributed by atoms with Crippen molar-refractivity contribution >= 4 is 39.4 Å². The first-order valence-electron chi connectivity index (χ1n) is 12.2. The highest BCUT2D eigenvalue weighted by atomic mass is 32.1. The number of pyridine rings is 1. The topological polar surface area (TPSA) is 139 Å². The van der Waals surface area contributed by atoms with Gasteiger partial charge < -0.3 is 20.5 Å². The number of carbonyl (C=O) groups is 2. The molecule has 2 amide bonds. The average Bonchev–Trinajstić information content (AvgIpc) is 3.55. The number of carbonyl (C=O) groups excluding carboxylic acids is 2. The molecule has 1 fully saturated rings. The molecule has 0 aliphatic carbocycles. The number of aromatic nitrogens is 5. The van der Waals surface area contributed by atoms with E-state index in [-0.39, 0.29) is 31.1 Å². The minimum Gasteiger partial charge on any atom is -0.394 e. The van der Waals surface area contributed by atoms with Gasteiger partial charge in [-0.25, -0.2) is 4.52 Å². The van der Waals surface area contributed by atoms with Gasteiger partial charge in [0.2, 0.25) is 5.91 Å². The van der Waals surface area contributed by atoms with Gasteiger partial charge in [0.15, 0.2) is 0 Å². The van der Waals surface area contributed by atoms with Crippen LogP contribution in [0, 0.1) is 6.92 Å². The first-order chi connectivity index (χ1) is 18.1. The highest BCUT2D eigenvalue weighted by Gasteiger charge is 2.33. The Bertz CT molecular complexity index is 1490. The first-order valence-corrected chi connectivity index (χ1v) is 13.0. The van der Waals surface area contributed by atoms with Crippen molar-refractivity contribution < 1.29 is 19.4 Å². The van der Waals surface area contributed by atoms with Gasteiger partial charge in [0, 0.05) is 38.1 Å². The molecule has 1 atom stereocenters. The van der Waals surface area contributed by atoms with Crippen LogP contribution in [0.3, 0.4) is 0 Å². The molecule has 1 saturated heterocycles. The molecular formula is C25H30N8O4S. The Morgan fingerprint density at radius 1 is 1.21 bits per heavy atom. The number of morpholine rings is 1. The number of rotatable bonds is 7. The Labute approximate surface area is 223 Å². The Hall–Kier alpha value is -3.65. The molecular weight excluding hydrogens is 508 g/mol. The van der Waals surface area contributed by atoms with Crippen LogP contribution in [0.5, 0.6) is 0 Å². The molecule has 38 heavy (non-hydrogen) atoms. The SMILES string of the molecule is Cc1ncc(NC(=O)CN2C[C@@H](CO)OC(C)(C)C2)cc1NC(=O)c1cnn2cc(-c3cnn(C)c3)sc12. The summed E-state index contributed by atoms with van der Waals surface area (Å²) in [7, 11) is 1.85. The van der Waals surface area contributed by atoms with Crippen LogP contribution < -0.4 is 10.6 Å². The Morgan fingerprint density at radius 3 is 2.76 bits per heavy atom. The lowest BCUT2D eigenvalue weighted by Gasteiger charge is -2.41. The van der Waals surface area contributed by atoms with Gasteiger partial charge in [-0.05, 0) is 26.8 Å². The molecule has 0 unspecified atom stereocenters. The molecule has 1 aliphatic rings. The number of aliphatic hydroxyl groups is 1. The monoisotopic (exact) mass is 538 g/mol. The number of nitrogens with one attached hydrogen (secondary N) is 2. The largest absolute Gasteiger partial charge is 0.394 e. The van der Waals surface area contributed by atoms with Crippen LogP contribution in [-0.4, -0.2) is 84.1 Å². The van der Waals surface area contributed by atoms with Gasteiger partial charge in [0.25, 0.3) is 5.91 Å². The van der Waals surface area contributed by atoms with E-state index in [9.17, 15) is 14.7 Å². The summed E-state index contributed by atoms with van der Waals surface area (Å²) in [6.07, 6.45) is 8.30. The van der Waals surface area contributed by atoms with Gasteiger partial charge in [-0.2, -0.15) is 10.2 Å². The zero-order chi connectivity index (χ0) is 27.0. The number of nitrogens with zero attached hydrogens (tertiary/aromatic N) is 6. The zero-order valence-corrected chi connectivity index (χ0v) is 22.4. The van der Waals surface area contributed by atoms with Crippen LogP contribution in [0.25, 0.3) is 15.3 Å². The van der Waals surface area contributed by atoms with E-state index in [0.717, 1.165) is 10.4 Å². The number of anilines is 2. The first kappa shape index (κ1) is 26.0. The lowest BCUT2D eigenvalue weighted by molar-refractivity contribution is -0.151. The van der Waals surface area contributed by atoms with Gasteiger partial charge in [0.1, 0.15) is 4.83 Å². The number of hydrogen-bond acceptors (Lipinski definition) is 9. The summed E-state index contributed by atoms with van der Waals surface area (Å²) in [5, 5.41) is 23.8. The minimum absolute atomic E-state index is 0.105. The Balaban J connectivity index is 1.27. The van der Waals surface area contributed by atoms with Crippen molar-refractivity contribution in [1.82, 2.24) is 29.3 Å². The third kappa shape index (κ3) is 5.60. The molecule has 4 aromatic rings. The van der Waals surface area contributed by atoms with Gasteiger partial charge in [-0.15, -0.1) is 11.3 Å². The summed E-state index contributed by atoms with van der Waals surface area (Å²) in [4.78, 5) is 33.9. The summed E-state index contributed by atoms with van der Waals surface area (Å²) in [6.45, 7) is 6.72. The fourth-order valence-corrected chi connectivity index (χ4v) is 5.61. The number of aliphatic hydroxyl groups excluding tert-OH is 1. The van der Waals surface area contributed by atoms with Crippen molar-refractivity contribution in [2.75, 3.05) is 36.9 Å². The van der Waals surface area contributed by atoms with Crippen LogP contribution in [0.15, 0.2) is 37.1 Å². The molecule has 0 spiro atoms. The number of fused-ring (bicyclic) bond motifs is 1. The van der Waals surface area contributed by atoms with Crippen molar-refractivity contribution in [3.05, 3.63) is 48.3 Å². The van der Waals surface area contributed by atoms with Crippen LogP contribution in [-0.2, 0) is 16.6 Å². The van der Waals surface area contributed by atoms with E-state index < -0.39 is 5.60 Å². The maximum Gasteiger partial charge on any atom is 0.260 e. The van der Waals surface area contributed by atoms with Crippen molar-refractivity contribution in [2.24, 2.45) is 7.05 Å². The smallest absolute Gasteiger partial charge is 0.260 e. The second kappa shape index (κ2) is 10.3. The second-order valence-corrected chi connectivity index (χ2v) is 11.0. The fraction of sp³-hybridized carbons (Fsp3) is 0.400. The molecule has 0 aromatic carbocycles. The van der Waals surface area contributed by atoms with Gasteiger partial charge in [-0.3, -0.25) is 24.2 Å². The van der Waals surface area contributed by atoms with E-state index in [0.29, 0.717) is 40.6 Å². The molecule has 1 aliphatic heterocycles. The predicted molar refractivity (Wildman–Crippen MR) is 143 cm³/mol. The number of hydrogen-bond donors (Lipinski definition) is 3. The van der Waals surface area contributed by atoms with Crippen molar-refractivity contribution in [2.45, 2.75) is 32.5 Å². The minimum atomic E-state index is -0.463. The molecule has 0 bridgehead atoms. The van der Waals surface area contributed by atoms with Crippen molar-refractivity contribution in [3.8, 4) is 10.4 Å². The van der Waals surface area contributed by atoms with Crippen LogP contribution in [0.1, 0.15) is 29.9 Å². The molecule has 200 valence electrons. The molecule has 5 heterocycles. The summed E-state index contributed by atoms with van der Waals surface area (Å²) < 4.78 is 9.22. The van der Waals surface area contributed by atoms with Crippen molar-refractivity contribution in [1.29, 1.82) is 0 Å². The van der Waals surface area contributed by atoms with E-state index in [1.807, 2.05) is 38.2 Å². The van der Waals surface area contributed by atoms with E-state index >= 15 is 0 Å². The lowest BCUT2D eigenvalue weighted by Crippen LogP contribution is -2.55. The summed E-state index contributed by atoms with van der Waals surface area (Å²) in [5.41, 5.74) is 2.50. The second-order valence-electron chi connectivity index (χ2n) is 10.0. The highest BCUT2D eigenvalue weighted by Crippen LogP contribution is 2.30. The summed E-state index contributed by atoms with van der Waals surface area (Å²) in [6, 6.07) is 1.69. The van der Waals surface area contributed by atoms with E-state index in [4.69, 9.17) is 4.74 Å². The van der Waals surface area contributed by atoms with Crippen molar-refractivity contribution in [3.63, 3.8) is 0 Å². The summed E-state index contributed by atoms with van der Waals surface area (Å²) in [5.74, 6) is -0.541. The number of ether oxygens (including phenoxy) is 1. The third-order valence-electron chi connectivity index (χ3n) is 6.17. The van der Waals surface area contributed by atoms with E-state index in [2.05, 4.69) is 25.8 Å². The maximum atomic E-state index is 13.2. The zero-order valence-electron chi connectivity index (χ0n) is 21.6. The molecule has 3 N–H and O–H groups in total. The van der Waals surface area contributed by atoms with Crippen LogP contribution in [0.2, 0.25) is 0 Å². The molecule has 0 saturated carbocycles. The van der Waals surface area contributed by atoms with Gasteiger partial charge >= 0.3 is 0 Å². The Kier molecular flexibility index (Phi) is 7.01. The lowest BCUT2D eigenvalue weighted by atomic mass is 10.1. The fourth-order valence-electron chi connectivity index (χ4n) is 4.58. The normalized spacial score (nSPS) is 17.6. The molecule has 13 heteroatoms. The van der Waals surface area contributed by atoms with E-state index in [1.165, 1.54) is 17.5 Å². The third-order valence-corrected chi connectivity index (χ3v) is 7.33. The highest BCUT2D eigenvalue weighted by molar-refractivity contribution is 7.21. The number of amides is 2. The quantitative estimate of drug-likeness (QED) is 0.325. The molecule has 5 rings (SSSR count). The molecule has 4 aromatic heterocycles. The number of thiazole rings is 1. The number of aryl methyl sites for hydroxylation is 2. The molecule has 0 radical (unpaired) electrons. The Morgan fingerprint density at radius 2 is 2.03 bits per heavy atom. The van der Waals surface area contributed by atoms with E-state index in [1.54, 1.807) is 34.6 Å².